The van der Waals surface area contributed by atoms with Gasteiger partial charge in [-0.1, -0.05) is 32.9 Å². The summed E-state index contributed by atoms with van der Waals surface area (Å²) in [6.07, 6.45) is -2.46. The molecule has 1 saturated heterocycles. The number of carbonyl (C=O) groups excluding carboxylic acids is 1. The van der Waals surface area contributed by atoms with Crippen LogP contribution in [0, 0.1) is 17.7 Å². The number of aryl methyl sites for hydroxylation is 1. The molecular weight excluding hydrogens is 498 g/mol. The number of nitrogens with one attached hydrogen (secondary N) is 1. The summed E-state index contributed by atoms with van der Waals surface area (Å²) >= 11 is 0. The number of ketones is 1. The summed E-state index contributed by atoms with van der Waals surface area (Å²) in [6, 6.07) is 6.16. The molecule has 1 fully saturated rings. The number of hydrogen-bond acceptors (Lipinski definition) is 5. The minimum absolute atomic E-state index is 0.0329. The van der Waals surface area contributed by atoms with Gasteiger partial charge in [0, 0.05) is 25.4 Å². The Kier molecular flexibility index (Phi) is 8.32. The largest absolute Gasteiger partial charge is 0.433 e. The van der Waals surface area contributed by atoms with E-state index in [1.807, 2.05) is 4.90 Å². The van der Waals surface area contributed by atoms with Crippen LogP contribution in [0.25, 0.3) is 0 Å². The molecule has 6 nitrogen and oxygen atoms in total. The number of anilines is 2. The molecule has 1 aliphatic heterocycles. The maximum absolute atomic E-state index is 14.4. The van der Waals surface area contributed by atoms with Crippen LogP contribution in [0.3, 0.4) is 0 Å². The molecule has 198 valence electrons. The summed E-state index contributed by atoms with van der Waals surface area (Å²) in [5.41, 5.74) is -0.249. The van der Waals surface area contributed by atoms with Gasteiger partial charge in [-0.2, -0.15) is 13.2 Å². The number of alkyl halides is 3. The zero-order valence-corrected chi connectivity index (χ0v) is 21.5. The zero-order valence-electron chi connectivity index (χ0n) is 20.7. The Bertz CT molecular complexity index is 1210. The monoisotopic (exact) mass is 529 g/mol. The third kappa shape index (κ3) is 7.18. The van der Waals surface area contributed by atoms with Crippen molar-refractivity contribution in [2.24, 2.45) is 11.8 Å². The van der Waals surface area contributed by atoms with Crippen molar-refractivity contribution in [2.45, 2.75) is 52.1 Å². The van der Waals surface area contributed by atoms with Gasteiger partial charge in [0.15, 0.2) is 0 Å². The van der Waals surface area contributed by atoms with Crippen molar-refractivity contribution in [3.8, 4) is 0 Å². The maximum atomic E-state index is 14.4. The first kappa shape index (κ1) is 27.9. The van der Waals surface area contributed by atoms with Crippen LogP contribution < -0.4 is 9.62 Å². The summed E-state index contributed by atoms with van der Waals surface area (Å²) in [7, 11) is -3.66. The number of halogens is 4. The Morgan fingerprint density at radius 3 is 2.36 bits per heavy atom. The third-order valence-corrected chi connectivity index (χ3v) is 6.92. The molecule has 3 rings (SSSR count). The lowest BCUT2D eigenvalue weighted by Gasteiger charge is -2.37. The number of Topliss-reactive ketones (excluding diaryl/α,β-unsaturated/α-hetero) is 1. The molecule has 0 amide bonds. The molecule has 0 radical (unpaired) electrons. The Hall–Kier alpha value is -2.69. The Morgan fingerprint density at radius 2 is 1.81 bits per heavy atom. The smallest absolute Gasteiger partial charge is 0.356 e. The molecule has 3 atom stereocenters. The van der Waals surface area contributed by atoms with E-state index < -0.39 is 33.6 Å². The van der Waals surface area contributed by atoms with E-state index in [2.05, 4.69) is 23.6 Å². The molecule has 2 heterocycles. The fraction of sp³-hybridized carbons (Fsp3) is 0.520. The van der Waals surface area contributed by atoms with Gasteiger partial charge < -0.3 is 4.90 Å². The van der Waals surface area contributed by atoms with Crippen LogP contribution in [0.4, 0.5) is 29.1 Å². The average molecular weight is 530 g/mol. The zero-order chi connectivity index (χ0) is 26.8. The van der Waals surface area contributed by atoms with Crippen LogP contribution in [0.2, 0.25) is 0 Å². The molecule has 1 aromatic heterocycles. The molecule has 0 saturated carbocycles. The standard InChI is InChI=1S/C25H31F4N3O3S/c1-15-11-16(2)14-32(13-15)24-18(7-10-23(30-24)25(27,28)29)6-9-22(33)17(3)19-5-8-21(20(26)12-19)31-36(4,34)35/h5,7-8,10,12,15-17,31H,6,9,11,13-14H2,1-4H3. The van der Waals surface area contributed by atoms with Gasteiger partial charge >= 0.3 is 6.18 Å². The number of nitrogens with zero attached hydrogens (tertiary/aromatic N) is 2. The highest BCUT2D eigenvalue weighted by molar-refractivity contribution is 7.92. The lowest BCUT2D eigenvalue weighted by atomic mass is 9.90. The molecule has 1 aliphatic rings. The van der Waals surface area contributed by atoms with Crippen molar-refractivity contribution in [3.05, 3.63) is 53.0 Å². The lowest BCUT2D eigenvalue weighted by Crippen LogP contribution is -2.40. The second kappa shape index (κ2) is 10.7. The number of piperidine rings is 1. The number of pyridine rings is 1. The van der Waals surface area contributed by atoms with E-state index in [1.54, 1.807) is 6.92 Å². The predicted molar refractivity (Wildman–Crippen MR) is 131 cm³/mol. The highest BCUT2D eigenvalue weighted by Crippen LogP contribution is 2.34. The number of hydrogen-bond donors (Lipinski definition) is 1. The summed E-state index contributed by atoms with van der Waals surface area (Å²) < 4.78 is 79.3. The molecule has 3 unspecified atom stereocenters. The van der Waals surface area contributed by atoms with Crippen molar-refractivity contribution in [1.82, 2.24) is 4.98 Å². The summed E-state index contributed by atoms with van der Waals surface area (Å²) in [5, 5.41) is 0. The molecule has 1 aromatic carbocycles. The maximum Gasteiger partial charge on any atom is 0.433 e. The second-order valence-electron chi connectivity index (χ2n) is 9.83. The summed E-state index contributed by atoms with van der Waals surface area (Å²) in [4.78, 5) is 18.7. The second-order valence-corrected chi connectivity index (χ2v) is 11.6. The molecule has 1 N–H and O–H groups in total. The van der Waals surface area contributed by atoms with Crippen molar-refractivity contribution < 1.29 is 30.8 Å². The summed E-state index contributed by atoms with van der Waals surface area (Å²) in [6.45, 7) is 6.89. The minimum Gasteiger partial charge on any atom is -0.356 e. The van der Waals surface area contributed by atoms with Crippen LogP contribution in [0.15, 0.2) is 30.3 Å². The number of rotatable bonds is 8. The van der Waals surface area contributed by atoms with E-state index in [4.69, 9.17) is 0 Å². The van der Waals surface area contributed by atoms with Gasteiger partial charge in [0.1, 0.15) is 23.1 Å². The fourth-order valence-electron chi connectivity index (χ4n) is 4.68. The van der Waals surface area contributed by atoms with Crippen molar-refractivity contribution in [2.75, 3.05) is 29.0 Å². The van der Waals surface area contributed by atoms with Gasteiger partial charge in [0.2, 0.25) is 10.0 Å². The number of benzene rings is 1. The van der Waals surface area contributed by atoms with E-state index in [1.165, 1.54) is 18.2 Å². The number of aromatic nitrogens is 1. The van der Waals surface area contributed by atoms with Gasteiger partial charge in [-0.3, -0.25) is 9.52 Å². The van der Waals surface area contributed by atoms with Crippen LogP contribution in [-0.2, 0) is 27.4 Å². The van der Waals surface area contributed by atoms with Crippen molar-refractivity contribution >= 4 is 27.3 Å². The molecule has 0 aliphatic carbocycles. The minimum atomic E-state index is -4.58. The van der Waals surface area contributed by atoms with Crippen LogP contribution >= 0.6 is 0 Å². The van der Waals surface area contributed by atoms with Gasteiger partial charge in [-0.05, 0) is 54.0 Å². The highest BCUT2D eigenvalue weighted by atomic mass is 32.2. The lowest BCUT2D eigenvalue weighted by molar-refractivity contribution is -0.141. The number of sulfonamides is 1. The Balaban J connectivity index is 1.79. The highest BCUT2D eigenvalue weighted by Gasteiger charge is 2.34. The quantitative estimate of drug-likeness (QED) is 0.464. The SMILES string of the molecule is CC1CC(C)CN(c2nc(C(F)(F)F)ccc2CCC(=O)C(C)c2ccc(NS(C)(=O)=O)c(F)c2)C1. The van der Waals surface area contributed by atoms with E-state index in [9.17, 15) is 30.8 Å². The molecule has 0 bridgehead atoms. The molecule has 0 spiro atoms. The Labute approximate surface area is 209 Å². The first-order valence-electron chi connectivity index (χ1n) is 11.8. The first-order valence-corrected chi connectivity index (χ1v) is 13.6. The molecule has 11 heteroatoms. The van der Waals surface area contributed by atoms with Crippen LogP contribution in [-0.4, -0.2) is 38.5 Å². The molecular formula is C25H31F4N3O3S. The van der Waals surface area contributed by atoms with Gasteiger partial charge in [-0.15, -0.1) is 0 Å². The van der Waals surface area contributed by atoms with E-state index in [-0.39, 0.29) is 30.1 Å². The van der Waals surface area contributed by atoms with Crippen LogP contribution in [0.5, 0.6) is 0 Å². The summed E-state index contributed by atoms with van der Waals surface area (Å²) in [5.74, 6) is -0.854. The topological polar surface area (TPSA) is 79.4 Å². The van der Waals surface area contributed by atoms with E-state index in [0.29, 0.717) is 36.1 Å². The van der Waals surface area contributed by atoms with E-state index >= 15 is 0 Å². The fourth-order valence-corrected chi connectivity index (χ4v) is 5.25. The van der Waals surface area contributed by atoms with Gasteiger partial charge in [0.05, 0.1) is 11.9 Å². The normalized spacial score (nSPS) is 19.7. The van der Waals surface area contributed by atoms with Crippen molar-refractivity contribution in [1.29, 1.82) is 0 Å². The van der Waals surface area contributed by atoms with Gasteiger partial charge in [0.25, 0.3) is 0 Å². The molecule has 36 heavy (non-hydrogen) atoms. The third-order valence-electron chi connectivity index (χ3n) is 6.33. The first-order chi connectivity index (χ1) is 16.6. The predicted octanol–water partition coefficient (Wildman–Crippen LogP) is 5.40. The van der Waals surface area contributed by atoms with Crippen molar-refractivity contribution in [3.63, 3.8) is 0 Å². The van der Waals surface area contributed by atoms with Gasteiger partial charge in [-0.25, -0.2) is 17.8 Å². The molecule has 2 aromatic rings. The van der Waals surface area contributed by atoms with Crippen LogP contribution in [0.1, 0.15) is 56.4 Å². The number of carbonyl (C=O) groups is 1. The van der Waals surface area contributed by atoms with E-state index in [0.717, 1.165) is 24.8 Å². The average Bonchev–Trinajstić information content (AvgIpc) is 2.76. The Morgan fingerprint density at radius 1 is 1.17 bits per heavy atom.